The van der Waals surface area contributed by atoms with Crippen LogP contribution in [0, 0.1) is 0 Å². The first-order valence-corrected chi connectivity index (χ1v) is 9.34. The topological polar surface area (TPSA) is 0 Å². The van der Waals surface area contributed by atoms with E-state index in [1.165, 1.54) is 39.0 Å². The maximum absolute atomic E-state index is 2.38. The predicted molar refractivity (Wildman–Crippen MR) is 93.7 cm³/mol. The van der Waals surface area contributed by atoms with Crippen LogP contribution in [0.3, 0.4) is 0 Å². The minimum Gasteiger partial charge on any atom is -1.00 e. The van der Waals surface area contributed by atoms with E-state index in [2.05, 4.69) is 85.8 Å². The van der Waals surface area contributed by atoms with Crippen molar-refractivity contribution in [1.29, 1.82) is 0 Å². The molecule has 1 atom stereocenters. The predicted octanol–water partition coefficient (Wildman–Crippen LogP) is 0.0334. The fourth-order valence-corrected chi connectivity index (χ4v) is 4.20. The molecule has 0 saturated heterocycles. The van der Waals surface area contributed by atoms with Gasteiger partial charge in [0.05, 0.1) is 0 Å². The second kappa shape index (κ2) is 8.50. The SMILES string of the molecule is CC1=Cc2c(-c3ccccc3-c3ccccc3)cccc2[CH]1[Zr+2].[Cl-].[Cl-]. The Morgan fingerprint density at radius 2 is 1.28 bits per heavy atom. The third-order valence-electron chi connectivity index (χ3n) is 4.58. The molecule has 0 N–H and O–H groups in total. The van der Waals surface area contributed by atoms with E-state index in [4.69, 9.17) is 0 Å². The third kappa shape index (κ3) is 3.70. The molecule has 0 spiro atoms. The van der Waals surface area contributed by atoms with Gasteiger partial charge in [-0.1, -0.05) is 0 Å². The zero-order valence-electron chi connectivity index (χ0n) is 13.8. The first-order valence-electron chi connectivity index (χ1n) is 7.93. The summed E-state index contributed by atoms with van der Waals surface area (Å²) in [6.07, 6.45) is 2.38. The first-order chi connectivity index (χ1) is 11.3. The van der Waals surface area contributed by atoms with Crippen molar-refractivity contribution in [3.05, 3.63) is 89.5 Å². The molecule has 0 aromatic heterocycles. The molecule has 123 valence electrons. The van der Waals surface area contributed by atoms with Gasteiger partial charge in [-0.3, -0.25) is 0 Å². The van der Waals surface area contributed by atoms with Gasteiger partial charge in [-0.05, 0) is 0 Å². The molecule has 3 aromatic rings. The molecule has 0 radical (unpaired) electrons. The Kier molecular flexibility index (Phi) is 6.86. The van der Waals surface area contributed by atoms with Crippen molar-refractivity contribution in [2.24, 2.45) is 0 Å². The molecular weight excluding hydrogens is 426 g/mol. The van der Waals surface area contributed by atoms with Crippen LogP contribution in [0.25, 0.3) is 28.3 Å². The molecule has 3 aromatic carbocycles. The van der Waals surface area contributed by atoms with Crippen LogP contribution in [0.15, 0.2) is 78.4 Å². The summed E-state index contributed by atoms with van der Waals surface area (Å²) >= 11 is 1.57. The molecule has 3 heteroatoms. The summed E-state index contributed by atoms with van der Waals surface area (Å²) in [6, 6.07) is 26.2. The Hall–Kier alpha value is -1.14. The first kappa shape index (κ1) is 20.2. The molecule has 0 fully saturated rings. The molecule has 0 amide bonds. The molecule has 0 heterocycles. The van der Waals surface area contributed by atoms with Crippen molar-refractivity contribution < 1.29 is 49.5 Å². The second-order valence-corrected chi connectivity index (χ2v) is 7.46. The van der Waals surface area contributed by atoms with Gasteiger partial charge in [-0.15, -0.1) is 0 Å². The van der Waals surface area contributed by atoms with Gasteiger partial charge in [0.1, 0.15) is 0 Å². The van der Waals surface area contributed by atoms with E-state index in [0.29, 0.717) is 3.63 Å². The minimum atomic E-state index is 0. The Balaban J connectivity index is 0.00000113. The summed E-state index contributed by atoms with van der Waals surface area (Å²) < 4.78 is 0.612. The molecule has 0 nitrogen and oxygen atoms in total. The Bertz CT molecular complexity index is 901. The van der Waals surface area contributed by atoms with Crippen LogP contribution in [0.4, 0.5) is 0 Å². The van der Waals surface area contributed by atoms with Crippen LogP contribution in [0.2, 0.25) is 0 Å². The number of rotatable bonds is 2. The van der Waals surface area contributed by atoms with Crippen LogP contribution in [0.1, 0.15) is 21.7 Å². The number of benzene rings is 3. The van der Waals surface area contributed by atoms with Gasteiger partial charge in [0.2, 0.25) is 0 Å². The average Bonchev–Trinajstić information content (AvgIpc) is 2.90. The van der Waals surface area contributed by atoms with Gasteiger partial charge >= 0.3 is 153 Å². The van der Waals surface area contributed by atoms with Crippen molar-refractivity contribution in [2.75, 3.05) is 0 Å². The van der Waals surface area contributed by atoms with Gasteiger partial charge in [0.15, 0.2) is 0 Å². The Labute approximate surface area is 177 Å². The third-order valence-corrected chi connectivity index (χ3v) is 6.46. The zero-order chi connectivity index (χ0) is 15.8. The van der Waals surface area contributed by atoms with Crippen LogP contribution in [0.5, 0.6) is 0 Å². The maximum Gasteiger partial charge on any atom is -1.00 e. The molecule has 25 heavy (non-hydrogen) atoms. The summed E-state index contributed by atoms with van der Waals surface area (Å²) in [5, 5.41) is 0. The van der Waals surface area contributed by atoms with E-state index in [9.17, 15) is 0 Å². The van der Waals surface area contributed by atoms with Crippen LogP contribution in [-0.4, -0.2) is 0 Å². The van der Waals surface area contributed by atoms with E-state index in [0.717, 1.165) is 0 Å². The minimum absolute atomic E-state index is 0. The summed E-state index contributed by atoms with van der Waals surface area (Å²) in [5.74, 6) is 0. The molecule has 1 unspecified atom stereocenters. The van der Waals surface area contributed by atoms with Crippen molar-refractivity contribution >= 4 is 6.08 Å². The van der Waals surface area contributed by atoms with E-state index >= 15 is 0 Å². The van der Waals surface area contributed by atoms with E-state index < -0.39 is 0 Å². The van der Waals surface area contributed by atoms with Crippen LogP contribution < -0.4 is 24.8 Å². The Morgan fingerprint density at radius 1 is 0.680 bits per heavy atom. The normalized spacial score (nSPS) is 14.8. The average molecular weight is 444 g/mol. The molecule has 1 aliphatic rings. The smallest absolute Gasteiger partial charge is 1.00 e. The summed E-state index contributed by atoms with van der Waals surface area (Å²) in [4.78, 5) is 0. The second-order valence-electron chi connectivity index (χ2n) is 6.04. The molecule has 1 aliphatic carbocycles. The number of allylic oxidation sites excluding steroid dienone is 1. The quantitative estimate of drug-likeness (QED) is 0.525. The standard InChI is InChI=1S/C22H17.2ClH.Zr/c1-16-14-18-10-7-13-21(22(18)15-16)20-12-6-5-11-19(20)17-8-3-2-4-9-17;;;/h2-15H,1H3;2*1H;/q;;;+2/p-2. The van der Waals surface area contributed by atoms with Crippen molar-refractivity contribution in [3.8, 4) is 22.3 Å². The maximum atomic E-state index is 2.38. The van der Waals surface area contributed by atoms with Gasteiger partial charge in [-0.2, -0.15) is 0 Å². The number of hydrogen-bond acceptors (Lipinski definition) is 0. The molecule has 4 rings (SSSR count). The molecule has 0 bridgehead atoms. The van der Waals surface area contributed by atoms with E-state index in [1.54, 1.807) is 24.7 Å². The Morgan fingerprint density at radius 3 is 2.00 bits per heavy atom. The largest absolute Gasteiger partial charge is 1.00 e. The van der Waals surface area contributed by atoms with Crippen molar-refractivity contribution in [2.45, 2.75) is 10.5 Å². The monoisotopic (exact) mass is 441 g/mol. The zero-order valence-corrected chi connectivity index (χ0v) is 17.8. The summed E-state index contributed by atoms with van der Waals surface area (Å²) in [5.41, 5.74) is 9.65. The fourth-order valence-electron chi connectivity index (χ4n) is 3.37. The molecule has 0 saturated carbocycles. The van der Waals surface area contributed by atoms with Crippen molar-refractivity contribution in [3.63, 3.8) is 0 Å². The number of hydrogen-bond donors (Lipinski definition) is 0. The summed E-state index contributed by atoms with van der Waals surface area (Å²) in [7, 11) is 0. The number of fused-ring (bicyclic) bond motifs is 1. The molecule has 0 aliphatic heterocycles. The number of halogens is 2. The van der Waals surface area contributed by atoms with Crippen LogP contribution in [-0.2, 0) is 24.7 Å². The molecular formula is C22H17Cl2Zr. The van der Waals surface area contributed by atoms with E-state index in [-0.39, 0.29) is 24.8 Å². The van der Waals surface area contributed by atoms with E-state index in [1.807, 2.05) is 0 Å². The van der Waals surface area contributed by atoms with Gasteiger partial charge in [-0.25, -0.2) is 0 Å². The van der Waals surface area contributed by atoms with Crippen LogP contribution >= 0.6 is 0 Å². The van der Waals surface area contributed by atoms with Crippen molar-refractivity contribution in [1.82, 2.24) is 0 Å². The summed E-state index contributed by atoms with van der Waals surface area (Å²) in [6.45, 7) is 2.26. The fraction of sp³-hybridized carbons (Fsp3) is 0.0909. The van der Waals surface area contributed by atoms with Gasteiger partial charge < -0.3 is 24.8 Å². The van der Waals surface area contributed by atoms with Gasteiger partial charge in [0.25, 0.3) is 0 Å². The van der Waals surface area contributed by atoms with Gasteiger partial charge in [0, 0.05) is 0 Å².